The molecule has 1 atom stereocenters. The average Bonchev–Trinajstić information content (AvgIpc) is 2.45. The van der Waals surface area contributed by atoms with Gasteiger partial charge in [0.25, 0.3) is 0 Å². The Hall–Kier alpha value is -1.33. The summed E-state index contributed by atoms with van der Waals surface area (Å²) in [6.07, 6.45) is -3.60. The lowest BCUT2D eigenvalue weighted by atomic mass is 10.2. The normalized spacial score (nSPS) is 14.0. The molecule has 0 aliphatic heterocycles. The van der Waals surface area contributed by atoms with E-state index >= 15 is 0 Å². The zero-order chi connectivity index (χ0) is 11.8. The van der Waals surface area contributed by atoms with Gasteiger partial charge in [0.2, 0.25) is 0 Å². The molecule has 3 nitrogen and oxygen atoms in total. The molecule has 0 spiro atoms. The second-order valence-corrected chi connectivity index (χ2v) is 3.37. The standard InChI is InChI=1S/C9H11F3N2O/c1-5(6(2)15)14-4-8(9(10,11)12)13-7(14)3/h4-5H,1-3H3. The summed E-state index contributed by atoms with van der Waals surface area (Å²) in [4.78, 5) is 14.4. The van der Waals surface area contributed by atoms with Crippen LogP contribution in [0.1, 0.15) is 31.4 Å². The molecule has 0 saturated heterocycles. The Bertz CT molecular complexity index is 381. The molecule has 0 aliphatic rings. The second kappa shape index (κ2) is 3.67. The number of imidazole rings is 1. The first-order valence-corrected chi connectivity index (χ1v) is 4.36. The number of aryl methyl sites for hydroxylation is 1. The van der Waals surface area contributed by atoms with E-state index in [-0.39, 0.29) is 11.6 Å². The molecule has 0 N–H and O–H groups in total. The lowest BCUT2D eigenvalue weighted by Crippen LogP contribution is -2.13. The predicted octanol–water partition coefficient (Wildman–Crippen LogP) is 2.36. The fourth-order valence-electron chi connectivity index (χ4n) is 1.21. The lowest BCUT2D eigenvalue weighted by molar-refractivity contribution is -0.141. The quantitative estimate of drug-likeness (QED) is 0.766. The molecule has 0 radical (unpaired) electrons. The SMILES string of the molecule is CC(=O)C(C)n1cc(C(F)(F)F)nc1C. The largest absolute Gasteiger partial charge is 0.434 e. The average molecular weight is 220 g/mol. The van der Waals surface area contributed by atoms with Gasteiger partial charge >= 0.3 is 6.18 Å². The van der Waals surface area contributed by atoms with Crippen LogP contribution >= 0.6 is 0 Å². The van der Waals surface area contributed by atoms with Crippen molar-refractivity contribution < 1.29 is 18.0 Å². The first kappa shape index (κ1) is 11.7. The number of ketones is 1. The van der Waals surface area contributed by atoms with E-state index < -0.39 is 17.9 Å². The number of carbonyl (C=O) groups is 1. The number of hydrogen-bond donors (Lipinski definition) is 0. The molecule has 0 aromatic carbocycles. The molecule has 1 heterocycles. The van der Waals surface area contributed by atoms with Crippen molar-refractivity contribution in [2.75, 3.05) is 0 Å². The number of Topliss-reactive ketones (excluding diaryl/α,β-unsaturated/α-hetero) is 1. The Morgan fingerprint density at radius 1 is 1.53 bits per heavy atom. The van der Waals surface area contributed by atoms with Gasteiger partial charge in [-0.05, 0) is 20.8 Å². The van der Waals surface area contributed by atoms with E-state index in [1.54, 1.807) is 0 Å². The second-order valence-electron chi connectivity index (χ2n) is 3.37. The third-order valence-electron chi connectivity index (χ3n) is 2.21. The van der Waals surface area contributed by atoms with Crippen molar-refractivity contribution in [3.63, 3.8) is 0 Å². The van der Waals surface area contributed by atoms with Crippen molar-refractivity contribution in [1.82, 2.24) is 9.55 Å². The number of hydrogen-bond acceptors (Lipinski definition) is 2. The number of alkyl halides is 3. The van der Waals surface area contributed by atoms with Crippen molar-refractivity contribution in [1.29, 1.82) is 0 Å². The summed E-state index contributed by atoms with van der Waals surface area (Å²) >= 11 is 0. The maximum absolute atomic E-state index is 12.3. The van der Waals surface area contributed by atoms with E-state index in [0.717, 1.165) is 6.20 Å². The van der Waals surface area contributed by atoms with Crippen molar-refractivity contribution in [3.05, 3.63) is 17.7 Å². The van der Waals surface area contributed by atoms with Gasteiger partial charge in [-0.15, -0.1) is 0 Å². The Morgan fingerprint density at radius 3 is 2.40 bits per heavy atom. The molecule has 0 bridgehead atoms. The summed E-state index contributed by atoms with van der Waals surface area (Å²) < 4.78 is 38.1. The van der Waals surface area contributed by atoms with Crippen LogP contribution < -0.4 is 0 Å². The molecule has 1 aromatic heterocycles. The molecule has 0 saturated carbocycles. The summed E-state index contributed by atoms with van der Waals surface area (Å²) in [6.45, 7) is 4.31. The van der Waals surface area contributed by atoms with E-state index in [1.165, 1.54) is 25.3 Å². The third-order valence-corrected chi connectivity index (χ3v) is 2.21. The molecular weight excluding hydrogens is 209 g/mol. The maximum atomic E-state index is 12.3. The van der Waals surface area contributed by atoms with Crippen molar-refractivity contribution >= 4 is 5.78 Å². The van der Waals surface area contributed by atoms with Gasteiger partial charge in [-0.3, -0.25) is 4.79 Å². The molecule has 0 fully saturated rings. The highest BCUT2D eigenvalue weighted by Crippen LogP contribution is 2.29. The van der Waals surface area contributed by atoms with E-state index in [1.807, 2.05) is 0 Å². The first-order valence-electron chi connectivity index (χ1n) is 4.36. The number of aromatic nitrogens is 2. The van der Waals surface area contributed by atoms with Gasteiger partial charge in [-0.25, -0.2) is 4.98 Å². The van der Waals surface area contributed by atoms with Crippen LogP contribution in [0.25, 0.3) is 0 Å². The fourth-order valence-corrected chi connectivity index (χ4v) is 1.21. The van der Waals surface area contributed by atoms with Gasteiger partial charge in [0.1, 0.15) is 5.82 Å². The van der Waals surface area contributed by atoms with Crippen LogP contribution in [0.5, 0.6) is 0 Å². The van der Waals surface area contributed by atoms with Gasteiger partial charge in [-0.1, -0.05) is 0 Å². The van der Waals surface area contributed by atoms with Gasteiger partial charge < -0.3 is 4.57 Å². The summed E-state index contributed by atoms with van der Waals surface area (Å²) in [5, 5.41) is 0. The summed E-state index contributed by atoms with van der Waals surface area (Å²) in [6, 6.07) is -0.617. The van der Waals surface area contributed by atoms with Gasteiger partial charge in [0.05, 0.1) is 6.04 Å². The van der Waals surface area contributed by atoms with Gasteiger partial charge in [0, 0.05) is 6.20 Å². The van der Waals surface area contributed by atoms with E-state index in [0.29, 0.717) is 0 Å². The van der Waals surface area contributed by atoms with Crippen LogP contribution in [0.2, 0.25) is 0 Å². The Kier molecular flexibility index (Phi) is 2.88. The third kappa shape index (κ3) is 2.37. The maximum Gasteiger partial charge on any atom is 0.434 e. The minimum atomic E-state index is -4.47. The number of rotatable bonds is 2. The minimum absolute atomic E-state index is 0.185. The highest BCUT2D eigenvalue weighted by atomic mass is 19.4. The molecule has 84 valence electrons. The zero-order valence-corrected chi connectivity index (χ0v) is 8.59. The van der Waals surface area contributed by atoms with Crippen LogP contribution in [0.4, 0.5) is 13.2 Å². The van der Waals surface area contributed by atoms with Crippen LogP contribution in [-0.2, 0) is 11.0 Å². The first-order chi connectivity index (χ1) is 6.73. The molecule has 0 aliphatic carbocycles. The monoisotopic (exact) mass is 220 g/mol. The Morgan fingerprint density at radius 2 is 2.07 bits per heavy atom. The molecule has 1 unspecified atom stereocenters. The smallest absolute Gasteiger partial charge is 0.324 e. The highest BCUT2D eigenvalue weighted by molar-refractivity contribution is 5.79. The van der Waals surface area contributed by atoms with Crippen LogP contribution in [-0.4, -0.2) is 15.3 Å². The Labute approximate surface area is 84.9 Å². The van der Waals surface area contributed by atoms with E-state index in [4.69, 9.17) is 0 Å². The molecule has 1 rings (SSSR count). The van der Waals surface area contributed by atoms with Crippen molar-refractivity contribution in [2.45, 2.75) is 33.0 Å². The van der Waals surface area contributed by atoms with Crippen molar-refractivity contribution in [2.24, 2.45) is 0 Å². The van der Waals surface area contributed by atoms with Gasteiger partial charge in [-0.2, -0.15) is 13.2 Å². The molecule has 6 heteroatoms. The van der Waals surface area contributed by atoms with Crippen LogP contribution in [0, 0.1) is 6.92 Å². The van der Waals surface area contributed by atoms with Crippen LogP contribution in [0.15, 0.2) is 6.20 Å². The predicted molar refractivity (Wildman–Crippen MR) is 47.4 cm³/mol. The van der Waals surface area contributed by atoms with E-state index in [2.05, 4.69) is 4.98 Å². The molecular formula is C9H11F3N2O. The lowest BCUT2D eigenvalue weighted by Gasteiger charge is -2.10. The Balaban J connectivity index is 3.12. The number of nitrogens with zero attached hydrogens (tertiary/aromatic N) is 2. The van der Waals surface area contributed by atoms with Crippen LogP contribution in [0.3, 0.4) is 0 Å². The molecule has 15 heavy (non-hydrogen) atoms. The summed E-state index contributed by atoms with van der Waals surface area (Å²) in [7, 11) is 0. The molecule has 0 amide bonds. The van der Waals surface area contributed by atoms with E-state index in [9.17, 15) is 18.0 Å². The minimum Gasteiger partial charge on any atom is -0.324 e. The molecule has 1 aromatic rings. The topological polar surface area (TPSA) is 34.9 Å². The number of halogens is 3. The summed E-state index contributed by atoms with van der Waals surface area (Å²) in [5.74, 6) is -0.0192. The van der Waals surface area contributed by atoms with Gasteiger partial charge in [0.15, 0.2) is 11.5 Å². The summed E-state index contributed by atoms with van der Waals surface area (Å²) in [5.41, 5.74) is -0.965. The highest BCUT2D eigenvalue weighted by Gasteiger charge is 2.34. The fraction of sp³-hybridized carbons (Fsp3) is 0.556. The zero-order valence-electron chi connectivity index (χ0n) is 8.59. The van der Waals surface area contributed by atoms with Crippen molar-refractivity contribution in [3.8, 4) is 0 Å². The number of carbonyl (C=O) groups excluding carboxylic acids is 1.